The van der Waals surface area contributed by atoms with Crippen LogP contribution in [-0.4, -0.2) is 19.5 Å². The van der Waals surface area contributed by atoms with Gasteiger partial charge in [-0.05, 0) is 47.5 Å². The van der Waals surface area contributed by atoms with Crippen LogP contribution in [0.4, 0.5) is 0 Å². The summed E-state index contributed by atoms with van der Waals surface area (Å²) in [4.78, 5) is 15.4. The zero-order valence-electron chi connectivity index (χ0n) is 30.4. The first-order valence-corrected chi connectivity index (χ1v) is 19.8. The van der Waals surface area contributed by atoms with E-state index in [1.165, 1.54) is 30.9 Å². The van der Waals surface area contributed by atoms with Crippen molar-refractivity contribution in [1.82, 2.24) is 19.5 Å². The third-order valence-electron chi connectivity index (χ3n) is 11.0. The maximum atomic E-state index is 6.90. The summed E-state index contributed by atoms with van der Waals surface area (Å²) in [6.07, 6.45) is 0. The first-order valence-electron chi connectivity index (χ1n) is 19.0. The maximum absolute atomic E-state index is 6.90. The van der Waals surface area contributed by atoms with Gasteiger partial charge in [-0.3, -0.25) is 0 Å². The van der Waals surface area contributed by atoms with Gasteiger partial charge in [-0.15, -0.1) is 11.3 Å². The van der Waals surface area contributed by atoms with Crippen molar-refractivity contribution >= 4 is 75.3 Å². The van der Waals surface area contributed by atoms with Crippen molar-refractivity contribution in [2.45, 2.75) is 0 Å². The van der Waals surface area contributed by atoms with Gasteiger partial charge < -0.3 is 8.98 Å². The van der Waals surface area contributed by atoms with Crippen LogP contribution in [0.2, 0.25) is 0 Å². The first kappa shape index (κ1) is 31.9. The minimum atomic E-state index is 0.586. The number of thiophene rings is 1. The summed E-state index contributed by atoms with van der Waals surface area (Å²) in [6.45, 7) is 0. The fraction of sp³-hybridized carbons (Fsp3) is 0. The lowest BCUT2D eigenvalue weighted by molar-refractivity contribution is 0.669. The molecule has 0 radical (unpaired) electrons. The van der Waals surface area contributed by atoms with Crippen LogP contribution in [0.25, 0.3) is 115 Å². The van der Waals surface area contributed by atoms with E-state index in [4.69, 9.17) is 19.4 Å². The van der Waals surface area contributed by atoms with Gasteiger partial charge in [-0.1, -0.05) is 146 Å². The lowest BCUT2D eigenvalue weighted by atomic mass is 9.99. The molecule has 57 heavy (non-hydrogen) atoms. The fourth-order valence-corrected chi connectivity index (χ4v) is 9.77. The lowest BCUT2D eigenvalue weighted by Crippen LogP contribution is -2.00. The molecule has 12 aromatic rings. The number of benzene rings is 8. The van der Waals surface area contributed by atoms with E-state index in [9.17, 15) is 0 Å². The molecule has 8 aromatic carbocycles. The standard InChI is InChI=1S/C51H30N4OS/c1-4-15-31(16-5-1)34-29-41(55-39-24-12-10-22-37(39)45-40(55)28-27-36-35-21-11-13-26-44(35)57-48(36)45)47-43(30-34)56-42-25-14-23-38(46(42)47)51-53-49(32-17-6-2-7-18-32)52-50(54-51)33-19-8-3-9-20-33/h1-30H. The van der Waals surface area contributed by atoms with Crippen molar-refractivity contribution in [3.8, 4) is 51.0 Å². The molecule has 0 spiro atoms. The van der Waals surface area contributed by atoms with E-state index < -0.39 is 0 Å². The lowest BCUT2D eigenvalue weighted by Gasteiger charge is -2.14. The quantitative estimate of drug-likeness (QED) is 0.176. The summed E-state index contributed by atoms with van der Waals surface area (Å²) in [5, 5.41) is 7.00. The molecule has 0 saturated heterocycles. The van der Waals surface area contributed by atoms with E-state index in [1.54, 1.807) is 0 Å². The molecule has 266 valence electrons. The van der Waals surface area contributed by atoms with Crippen molar-refractivity contribution in [2.75, 3.05) is 0 Å². The Kier molecular flexibility index (Phi) is 7.03. The second kappa shape index (κ2) is 12.6. The van der Waals surface area contributed by atoms with Gasteiger partial charge in [0, 0.05) is 53.0 Å². The minimum absolute atomic E-state index is 0.586. The molecule has 0 atom stereocenters. The van der Waals surface area contributed by atoms with Crippen molar-refractivity contribution in [3.05, 3.63) is 182 Å². The molecule has 0 aliphatic carbocycles. The number of aromatic nitrogens is 4. The number of fused-ring (bicyclic) bond motifs is 10. The largest absolute Gasteiger partial charge is 0.456 e. The highest BCUT2D eigenvalue weighted by molar-refractivity contribution is 7.26. The molecule has 4 heterocycles. The molecular formula is C51H30N4OS. The van der Waals surface area contributed by atoms with Crippen molar-refractivity contribution in [3.63, 3.8) is 0 Å². The Labute approximate surface area is 330 Å². The number of para-hydroxylation sites is 1. The molecule has 0 aliphatic heterocycles. The minimum Gasteiger partial charge on any atom is -0.456 e. The highest BCUT2D eigenvalue weighted by atomic mass is 32.1. The molecule has 0 aliphatic rings. The van der Waals surface area contributed by atoms with E-state index in [-0.39, 0.29) is 0 Å². The highest BCUT2D eigenvalue weighted by Gasteiger charge is 2.24. The average molecular weight is 747 g/mol. The van der Waals surface area contributed by atoms with Crippen LogP contribution in [0.3, 0.4) is 0 Å². The van der Waals surface area contributed by atoms with E-state index >= 15 is 0 Å². The molecular weight excluding hydrogens is 717 g/mol. The summed E-state index contributed by atoms with van der Waals surface area (Å²) in [5.74, 6) is 1.82. The van der Waals surface area contributed by atoms with Gasteiger partial charge in [0.2, 0.25) is 0 Å². The predicted octanol–water partition coefficient (Wildman–Crippen LogP) is 13.9. The topological polar surface area (TPSA) is 56.7 Å². The summed E-state index contributed by atoms with van der Waals surface area (Å²) in [6, 6.07) is 63.6. The van der Waals surface area contributed by atoms with Gasteiger partial charge in [0.15, 0.2) is 17.5 Å². The maximum Gasteiger partial charge on any atom is 0.164 e. The van der Waals surface area contributed by atoms with E-state index in [1.807, 2.05) is 78.1 Å². The molecule has 0 amide bonds. The van der Waals surface area contributed by atoms with Gasteiger partial charge in [0.25, 0.3) is 0 Å². The average Bonchev–Trinajstić information content (AvgIpc) is 3.96. The van der Waals surface area contributed by atoms with Gasteiger partial charge in [0.1, 0.15) is 11.2 Å². The van der Waals surface area contributed by atoms with E-state index in [0.29, 0.717) is 17.5 Å². The predicted molar refractivity (Wildman–Crippen MR) is 236 cm³/mol. The Morgan fingerprint density at radius 2 is 1.04 bits per heavy atom. The Morgan fingerprint density at radius 1 is 0.404 bits per heavy atom. The Morgan fingerprint density at radius 3 is 1.77 bits per heavy atom. The number of furan rings is 1. The molecule has 6 heteroatoms. The van der Waals surface area contributed by atoms with Crippen LogP contribution in [0.1, 0.15) is 0 Å². The molecule has 0 bridgehead atoms. The second-order valence-corrected chi connectivity index (χ2v) is 15.4. The molecule has 0 N–H and O–H groups in total. The van der Waals surface area contributed by atoms with Crippen LogP contribution in [0.5, 0.6) is 0 Å². The first-order chi connectivity index (χ1) is 28.3. The SMILES string of the molecule is c1ccc(-c2cc(-n3c4ccccc4c4c5sc6ccccc6c5ccc43)c3c(c2)oc2cccc(-c4nc(-c5ccccc5)nc(-c5ccccc5)n4)c23)cc1. The van der Waals surface area contributed by atoms with Crippen LogP contribution < -0.4 is 0 Å². The molecule has 5 nitrogen and oxygen atoms in total. The monoisotopic (exact) mass is 746 g/mol. The van der Waals surface area contributed by atoms with Crippen LogP contribution in [0.15, 0.2) is 186 Å². The number of hydrogen-bond donors (Lipinski definition) is 0. The van der Waals surface area contributed by atoms with Crippen LogP contribution >= 0.6 is 11.3 Å². The van der Waals surface area contributed by atoms with E-state index in [0.717, 1.165) is 66.5 Å². The van der Waals surface area contributed by atoms with Gasteiger partial charge >= 0.3 is 0 Å². The van der Waals surface area contributed by atoms with Crippen LogP contribution in [-0.2, 0) is 0 Å². The number of nitrogens with zero attached hydrogens (tertiary/aromatic N) is 4. The normalized spacial score (nSPS) is 11.9. The summed E-state index contributed by atoms with van der Waals surface area (Å²) < 4.78 is 11.9. The van der Waals surface area contributed by atoms with Crippen molar-refractivity contribution in [2.24, 2.45) is 0 Å². The molecule has 12 rings (SSSR count). The fourth-order valence-electron chi connectivity index (χ4n) is 8.51. The smallest absolute Gasteiger partial charge is 0.164 e. The highest BCUT2D eigenvalue weighted by Crippen LogP contribution is 2.47. The zero-order valence-corrected chi connectivity index (χ0v) is 31.2. The van der Waals surface area contributed by atoms with E-state index in [2.05, 4.69) is 120 Å². The van der Waals surface area contributed by atoms with Crippen molar-refractivity contribution in [1.29, 1.82) is 0 Å². The molecule has 4 aromatic heterocycles. The van der Waals surface area contributed by atoms with Crippen molar-refractivity contribution < 1.29 is 4.42 Å². The summed E-state index contributed by atoms with van der Waals surface area (Å²) in [5.41, 5.74) is 9.79. The third kappa shape index (κ3) is 4.98. The Bertz CT molecular complexity index is 3460. The van der Waals surface area contributed by atoms with Gasteiger partial charge in [0.05, 0.1) is 22.1 Å². The Hall–Kier alpha value is -7.41. The summed E-state index contributed by atoms with van der Waals surface area (Å²) >= 11 is 1.87. The summed E-state index contributed by atoms with van der Waals surface area (Å²) in [7, 11) is 0. The number of hydrogen-bond acceptors (Lipinski definition) is 5. The van der Waals surface area contributed by atoms with Crippen LogP contribution in [0, 0.1) is 0 Å². The third-order valence-corrected chi connectivity index (χ3v) is 12.3. The van der Waals surface area contributed by atoms with Gasteiger partial charge in [-0.25, -0.2) is 15.0 Å². The zero-order chi connectivity index (χ0) is 37.5. The Balaban J connectivity index is 1.21. The molecule has 0 unspecified atom stereocenters. The second-order valence-electron chi connectivity index (χ2n) is 14.3. The number of rotatable bonds is 5. The van der Waals surface area contributed by atoms with Gasteiger partial charge in [-0.2, -0.15) is 0 Å². The molecule has 0 saturated carbocycles. The molecule has 0 fully saturated rings.